The van der Waals surface area contributed by atoms with E-state index < -0.39 is 11.8 Å². The Hall–Kier alpha value is -1.38. The van der Waals surface area contributed by atoms with E-state index in [1.807, 2.05) is 0 Å². The predicted octanol–water partition coefficient (Wildman–Crippen LogP) is 1.55. The predicted molar refractivity (Wildman–Crippen MR) is 36.5 cm³/mol. The minimum atomic E-state index is -0.469. The lowest BCUT2D eigenvalue weighted by Gasteiger charge is -1.98. The van der Waals surface area contributed by atoms with Gasteiger partial charge < -0.3 is 4.74 Å². The summed E-state index contributed by atoms with van der Waals surface area (Å²) >= 11 is 0. The molecular weight excluding hydrogens is 147 g/mol. The molecule has 1 rings (SSSR count). The van der Waals surface area contributed by atoms with Crippen LogP contribution in [-0.4, -0.2) is 5.97 Å². The zero-order valence-electron chi connectivity index (χ0n) is 5.93. The van der Waals surface area contributed by atoms with E-state index in [2.05, 4.69) is 10.8 Å². The van der Waals surface area contributed by atoms with Gasteiger partial charge in [-0.3, -0.25) is 4.79 Å². The summed E-state index contributed by atoms with van der Waals surface area (Å²) < 4.78 is 17.0. The van der Waals surface area contributed by atoms with E-state index in [1.54, 1.807) is 0 Å². The molecule has 0 aliphatic rings. The number of hydrogen-bond acceptors (Lipinski definition) is 2. The summed E-state index contributed by atoms with van der Waals surface area (Å²) in [5.41, 5.74) is 0. The van der Waals surface area contributed by atoms with E-state index in [9.17, 15) is 9.18 Å². The average Bonchev–Trinajstić information content (AvgIpc) is 1.85. The van der Waals surface area contributed by atoms with Gasteiger partial charge in [-0.15, -0.1) is 0 Å². The maximum atomic E-state index is 12.4. The van der Waals surface area contributed by atoms with Gasteiger partial charge >= 0.3 is 5.97 Å². The van der Waals surface area contributed by atoms with E-state index in [4.69, 9.17) is 0 Å². The first-order chi connectivity index (χ1) is 5.18. The molecule has 57 valence electrons. The van der Waals surface area contributed by atoms with E-state index in [0.29, 0.717) is 0 Å². The van der Waals surface area contributed by atoms with Crippen molar-refractivity contribution in [2.45, 2.75) is 6.92 Å². The van der Waals surface area contributed by atoms with Gasteiger partial charge in [-0.2, -0.15) is 0 Å². The average molecular weight is 153 g/mol. The lowest BCUT2D eigenvalue weighted by atomic mass is 10.3. The summed E-state index contributed by atoms with van der Waals surface area (Å²) in [7, 11) is 0. The van der Waals surface area contributed by atoms with Crippen LogP contribution in [0.2, 0.25) is 0 Å². The van der Waals surface area contributed by atoms with Crippen molar-refractivity contribution in [3.05, 3.63) is 30.1 Å². The Morgan fingerprint density at radius 2 is 2.36 bits per heavy atom. The highest BCUT2D eigenvalue weighted by molar-refractivity contribution is 5.69. The smallest absolute Gasteiger partial charge is 0.308 e. The molecule has 1 aromatic rings. The van der Waals surface area contributed by atoms with E-state index >= 15 is 0 Å². The number of carbonyl (C=O) groups is 1. The summed E-state index contributed by atoms with van der Waals surface area (Å²) in [6.07, 6.45) is 0. The summed E-state index contributed by atoms with van der Waals surface area (Å²) in [6, 6.07) is 6.16. The molecule has 0 atom stereocenters. The quantitative estimate of drug-likeness (QED) is 0.452. The normalized spacial score (nSPS) is 9.27. The lowest BCUT2D eigenvalue weighted by Crippen LogP contribution is -2.01. The third kappa shape index (κ3) is 2.37. The highest BCUT2D eigenvalue weighted by Crippen LogP contribution is 2.10. The van der Waals surface area contributed by atoms with Crippen molar-refractivity contribution in [2.75, 3.05) is 0 Å². The molecule has 0 amide bonds. The summed E-state index contributed by atoms with van der Waals surface area (Å²) in [6.45, 7) is 1.25. The van der Waals surface area contributed by atoms with Crippen LogP contribution in [0, 0.1) is 11.9 Å². The number of ether oxygens (including phenoxy) is 1. The van der Waals surface area contributed by atoms with Crippen LogP contribution in [0.3, 0.4) is 0 Å². The van der Waals surface area contributed by atoms with Crippen LogP contribution in [0.15, 0.2) is 18.2 Å². The van der Waals surface area contributed by atoms with Crippen molar-refractivity contribution in [3.63, 3.8) is 0 Å². The molecule has 0 bridgehead atoms. The standard InChI is InChI=1S/C8H6FO2/c1-6(10)11-8-4-2-3-7(9)5-8/h3-5H,1H3. The molecule has 0 aliphatic carbocycles. The molecule has 0 unspecified atom stereocenters. The van der Waals surface area contributed by atoms with Gasteiger partial charge in [-0.1, -0.05) is 0 Å². The van der Waals surface area contributed by atoms with E-state index in [1.165, 1.54) is 13.0 Å². The Labute approximate surface area is 63.6 Å². The van der Waals surface area contributed by atoms with Gasteiger partial charge in [0, 0.05) is 13.0 Å². The van der Waals surface area contributed by atoms with Crippen LogP contribution in [0.5, 0.6) is 5.75 Å². The van der Waals surface area contributed by atoms with Crippen molar-refractivity contribution in [1.82, 2.24) is 0 Å². The molecule has 0 saturated heterocycles. The third-order valence-electron chi connectivity index (χ3n) is 0.989. The van der Waals surface area contributed by atoms with E-state index in [-0.39, 0.29) is 5.75 Å². The molecule has 11 heavy (non-hydrogen) atoms. The van der Waals surface area contributed by atoms with Crippen LogP contribution in [0.4, 0.5) is 4.39 Å². The molecule has 0 N–H and O–H groups in total. The molecule has 0 saturated carbocycles. The summed E-state index contributed by atoms with van der Waals surface area (Å²) in [5.74, 6) is -0.759. The van der Waals surface area contributed by atoms with Gasteiger partial charge in [0.1, 0.15) is 11.6 Å². The highest BCUT2D eigenvalue weighted by Gasteiger charge is 1.97. The second-order valence-electron chi connectivity index (χ2n) is 1.98. The molecule has 0 aliphatic heterocycles. The molecular formula is C8H6FO2. The fourth-order valence-corrected chi connectivity index (χ4v) is 0.648. The maximum Gasteiger partial charge on any atom is 0.308 e. The monoisotopic (exact) mass is 153 g/mol. The first-order valence-corrected chi connectivity index (χ1v) is 3.03. The van der Waals surface area contributed by atoms with Gasteiger partial charge in [-0.05, 0) is 18.2 Å². The number of benzene rings is 1. The second-order valence-corrected chi connectivity index (χ2v) is 1.98. The van der Waals surface area contributed by atoms with Gasteiger partial charge in [0.25, 0.3) is 0 Å². The lowest BCUT2D eigenvalue weighted by molar-refractivity contribution is -0.131. The Morgan fingerprint density at radius 3 is 2.91 bits per heavy atom. The first kappa shape index (κ1) is 7.72. The maximum absolute atomic E-state index is 12.4. The number of halogens is 1. The van der Waals surface area contributed by atoms with Crippen LogP contribution in [0.25, 0.3) is 0 Å². The van der Waals surface area contributed by atoms with Crippen molar-refractivity contribution in [1.29, 1.82) is 0 Å². The molecule has 1 aromatic carbocycles. The minimum Gasteiger partial charge on any atom is -0.427 e. The summed E-state index contributed by atoms with van der Waals surface area (Å²) in [4.78, 5) is 10.4. The highest BCUT2D eigenvalue weighted by atomic mass is 19.1. The Bertz CT molecular complexity index is 271. The van der Waals surface area contributed by atoms with Crippen LogP contribution in [0.1, 0.15) is 6.92 Å². The zero-order chi connectivity index (χ0) is 8.27. The second kappa shape index (κ2) is 3.14. The molecule has 2 nitrogen and oxygen atoms in total. The fourth-order valence-electron chi connectivity index (χ4n) is 0.648. The van der Waals surface area contributed by atoms with Crippen LogP contribution < -0.4 is 4.74 Å². The number of rotatable bonds is 1. The Kier molecular flexibility index (Phi) is 2.21. The van der Waals surface area contributed by atoms with Gasteiger partial charge in [0.15, 0.2) is 0 Å². The number of carbonyl (C=O) groups excluding carboxylic acids is 1. The molecule has 1 radical (unpaired) electrons. The SMILES string of the molecule is CC(=O)Oc1c[c]cc(F)c1. The Balaban J connectivity index is 2.79. The molecule has 0 spiro atoms. The van der Waals surface area contributed by atoms with Crippen molar-refractivity contribution < 1.29 is 13.9 Å². The third-order valence-corrected chi connectivity index (χ3v) is 0.989. The van der Waals surface area contributed by atoms with Crippen molar-refractivity contribution >= 4 is 5.97 Å². The van der Waals surface area contributed by atoms with Crippen molar-refractivity contribution in [2.24, 2.45) is 0 Å². The molecule has 0 heterocycles. The van der Waals surface area contributed by atoms with E-state index in [0.717, 1.165) is 12.1 Å². The molecule has 0 aromatic heterocycles. The minimum absolute atomic E-state index is 0.178. The summed E-state index contributed by atoms with van der Waals surface area (Å²) in [5, 5.41) is 0. The van der Waals surface area contributed by atoms with Gasteiger partial charge in [-0.25, -0.2) is 4.39 Å². The molecule has 3 heteroatoms. The first-order valence-electron chi connectivity index (χ1n) is 3.03. The van der Waals surface area contributed by atoms with Gasteiger partial charge in [0.2, 0.25) is 0 Å². The fraction of sp³-hybridized carbons (Fsp3) is 0.125. The molecule has 0 fully saturated rings. The number of hydrogen-bond donors (Lipinski definition) is 0. The zero-order valence-corrected chi connectivity index (χ0v) is 5.93. The topological polar surface area (TPSA) is 26.3 Å². The van der Waals surface area contributed by atoms with Crippen molar-refractivity contribution in [3.8, 4) is 5.75 Å². The largest absolute Gasteiger partial charge is 0.427 e. The Morgan fingerprint density at radius 1 is 1.64 bits per heavy atom. The van der Waals surface area contributed by atoms with Crippen LogP contribution >= 0.6 is 0 Å². The van der Waals surface area contributed by atoms with Crippen LogP contribution in [-0.2, 0) is 4.79 Å². The van der Waals surface area contributed by atoms with Gasteiger partial charge in [0.05, 0.1) is 0 Å². The number of esters is 1.